The average molecular weight is 642 g/mol. The molecule has 9 nitrogen and oxygen atoms in total. The van der Waals surface area contributed by atoms with Crippen molar-refractivity contribution < 1.29 is 19.1 Å². The Morgan fingerprint density at radius 1 is 1.07 bits per heavy atom. The van der Waals surface area contributed by atoms with Crippen LogP contribution < -0.4 is 16.0 Å². The third-order valence-corrected chi connectivity index (χ3v) is 10.3. The van der Waals surface area contributed by atoms with Gasteiger partial charge in [0.25, 0.3) is 0 Å². The van der Waals surface area contributed by atoms with Crippen molar-refractivity contribution in [3.8, 4) is 11.3 Å². The number of allylic oxidation sites excluding steroid dienone is 2. The third-order valence-electron chi connectivity index (χ3n) is 9.56. The topological polar surface area (TPSA) is 113 Å². The fourth-order valence-electron chi connectivity index (χ4n) is 6.75. The number of aryl methyl sites for hydroxylation is 1. The summed E-state index contributed by atoms with van der Waals surface area (Å²) in [5, 5.41) is 12.0. The third kappa shape index (κ3) is 7.92. The van der Waals surface area contributed by atoms with Crippen LogP contribution in [0, 0.1) is 18.3 Å². The van der Waals surface area contributed by atoms with E-state index in [1.54, 1.807) is 0 Å². The Bertz CT molecular complexity index is 1530. The molecule has 0 radical (unpaired) electrons. The van der Waals surface area contributed by atoms with Crippen molar-refractivity contribution >= 4 is 34.2 Å². The number of hydrogen-bond acceptors (Lipinski definition) is 7. The lowest BCUT2D eigenvalue weighted by Gasteiger charge is -2.40. The van der Waals surface area contributed by atoms with Gasteiger partial charge in [0, 0.05) is 49.7 Å². The molecule has 3 aromatic rings. The van der Waals surface area contributed by atoms with Crippen LogP contribution in [0.4, 0.5) is 5.13 Å². The predicted octanol–water partition coefficient (Wildman–Crippen LogP) is 4.74. The van der Waals surface area contributed by atoms with Crippen molar-refractivity contribution in [1.82, 2.24) is 20.5 Å². The van der Waals surface area contributed by atoms with E-state index >= 15 is 0 Å². The summed E-state index contributed by atoms with van der Waals surface area (Å²) in [5.41, 5.74) is 3.47. The molecule has 2 fully saturated rings. The number of thiazole rings is 1. The Kier molecular flexibility index (Phi) is 10.3. The van der Waals surface area contributed by atoms with Gasteiger partial charge in [-0.15, -0.1) is 11.3 Å². The zero-order valence-electron chi connectivity index (χ0n) is 26.4. The fraction of sp³-hybridized carbons (Fsp3) is 0.444. The van der Waals surface area contributed by atoms with E-state index in [9.17, 15) is 14.4 Å². The molecule has 3 N–H and O–H groups in total. The molecule has 10 heteroatoms. The van der Waals surface area contributed by atoms with Crippen molar-refractivity contribution in [2.24, 2.45) is 11.3 Å². The number of rotatable bonds is 6. The molecule has 2 aromatic carbocycles. The molecule has 2 saturated heterocycles. The van der Waals surface area contributed by atoms with Crippen LogP contribution in [-0.2, 0) is 25.5 Å². The van der Waals surface area contributed by atoms with Gasteiger partial charge in [0.1, 0.15) is 6.04 Å². The molecule has 1 aromatic heterocycles. The Morgan fingerprint density at radius 2 is 1.85 bits per heavy atom. The molecule has 3 aliphatic heterocycles. The number of carbonyl (C=O) groups is 3. The van der Waals surface area contributed by atoms with Gasteiger partial charge in [-0.3, -0.25) is 19.3 Å². The van der Waals surface area contributed by atoms with Gasteiger partial charge in [-0.2, -0.15) is 0 Å². The first-order chi connectivity index (χ1) is 22.4. The van der Waals surface area contributed by atoms with E-state index in [1.165, 1.54) is 16.9 Å². The van der Waals surface area contributed by atoms with Gasteiger partial charge in [0.2, 0.25) is 17.7 Å². The van der Waals surface area contributed by atoms with Gasteiger partial charge in [-0.25, -0.2) is 4.98 Å². The number of likely N-dealkylation sites (tertiary alicyclic amines) is 1. The smallest absolute Gasteiger partial charge is 0.243 e. The molecule has 6 rings (SSSR count). The van der Waals surface area contributed by atoms with E-state index in [0.717, 1.165) is 29.7 Å². The Balaban J connectivity index is 1.13. The minimum absolute atomic E-state index is 0.0564. The molecule has 0 saturated carbocycles. The number of nitrogens with one attached hydrogen (secondary N) is 3. The lowest BCUT2D eigenvalue weighted by molar-refractivity contribution is -0.140. The highest BCUT2D eigenvalue weighted by Gasteiger charge is 2.41. The molecule has 46 heavy (non-hydrogen) atoms. The van der Waals surface area contributed by atoms with Crippen LogP contribution in [-0.4, -0.2) is 72.5 Å². The van der Waals surface area contributed by atoms with Crippen molar-refractivity contribution in [3.05, 3.63) is 83.3 Å². The maximum absolute atomic E-state index is 13.8. The quantitative estimate of drug-likeness (QED) is 0.336. The van der Waals surface area contributed by atoms with E-state index in [0.29, 0.717) is 57.1 Å². The van der Waals surface area contributed by atoms with Crippen LogP contribution in [0.15, 0.2) is 72.1 Å². The number of carbonyl (C=O) groups excluding carboxylic acids is 3. The molecule has 0 aliphatic carbocycles. The SMILES string of the molecule is Cc1ccc(-c2csc(NC(=O)CN3CC[C@@H]4NC(=O)[C@H](Cc5ccccc5)NC(=O)C5(C/C=C/C[C@@H]4C3)CCOCC5)n2)cc1. The average Bonchev–Trinajstić information content (AvgIpc) is 3.52. The standard InChI is InChI=1S/C36H43N5O4S/c1-25-10-12-27(13-11-25)31-24-46-35(39-31)40-32(42)23-41-18-14-29-28(22-41)9-5-6-15-36(16-19-45-20-17-36)34(44)38-30(33(43)37-29)21-26-7-3-2-4-8-26/h2-8,10-13,24,28-30H,9,14-23H2,1H3,(H,37,43)(H,38,44)(H,39,40,42)/b6-5+/t28-,29+,30+/m1/s1. The molecule has 1 spiro atoms. The monoisotopic (exact) mass is 641 g/mol. The van der Waals surface area contributed by atoms with Crippen molar-refractivity contribution in [3.63, 3.8) is 0 Å². The first-order valence-electron chi connectivity index (χ1n) is 16.3. The van der Waals surface area contributed by atoms with Crippen LogP contribution in [0.2, 0.25) is 0 Å². The molecule has 3 aliphatic rings. The fourth-order valence-corrected chi connectivity index (χ4v) is 7.49. The van der Waals surface area contributed by atoms with E-state index in [4.69, 9.17) is 4.74 Å². The molecule has 0 bridgehead atoms. The number of amides is 3. The van der Waals surface area contributed by atoms with E-state index < -0.39 is 11.5 Å². The summed E-state index contributed by atoms with van der Waals surface area (Å²) in [6.07, 6.45) is 8.07. The summed E-state index contributed by atoms with van der Waals surface area (Å²) < 4.78 is 5.61. The zero-order valence-corrected chi connectivity index (χ0v) is 27.2. The number of aromatic nitrogens is 1. The van der Waals surface area contributed by atoms with E-state index in [2.05, 4.69) is 57.0 Å². The highest BCUT2D eigenvalue weighted by Crippen LogP contribution is 2.36. The molecule has 3 atom stereocenters. The van der Waals surface area contributed by atoms with Crippen molar-refractivity contribution in [2.75, 3.05) is 38.2 Å². The molecule has 3 amide bonds. The minimum Gasteiger partial charge on any atom is -0.381 e. The lowest BCUT2D eigenvalue weighted by Crippen LogP contribution is -2.58. The van der Waals surface area contributed by atoms with Crippen molar-refractivity contribution in [2.45, 2.75) is 57.5 Å². The maximum Gasteiger partial charge on any atom is 0.243 e. The first-order valence-corrected chi connectivity index (χ1v) is 17.2. The minimum atomic E-state index is -0.675. The van der Waals surface area contributed by atoms with Gasteiger partial charge in [0.15, 0.2) is 5.13 Å². The van der Waals surface area contributed by atoms with Gasteiger partial charge in [-0.05, 0) is 50.5 Å². The summed E-state index contributed by atoms with van der Waals surface area (Å²) in [5.74, 6) is -0.185. The number of piperidine rings is 1. The summed E-state index contributed by atoms with van der Waals surface area (Å²) in [6.45, 7) is 4.75. The van der Waals surface area contributed by atoms with E-state index in [-0.39, 0.29) is 36.2 Å². The lowest BCUT2D eigenvalue weighted by atomic mass is 9.75. The van der Waals surface area contributed by atoms with E-state index in [1.807, 2.05) is 47.8 Å². The van der Waals surface area contributed by atoms with Crippen LogP contribution in [0.25, 0.3) is 11.3 Å². The summed E-state index contributed by atoms with van der Waals surface area (Å²) in [4.78, 5) is 47.5. The van der Waals surface area contributed by atoms with Crippen molar-refractivity contribution in [1.29, 1.82) is 0 Å². The Hall–Kier alpha value is -3.86. The molecular formula is C36H43N5O4S. The normalized spacial score (nSPS) is 24.5. The van der Waals surface area contributed by atoms with Crippen LogP contribution in [0.1, 0.15) is 43.2 Å². The summed E-state index contributed by atoms with van der Waals surface area (Å²) in [6, 6.07) is 17.3. The highest BCUT2D eigenvalue weighted by atomic mass is 32.1. The number of nitrogens with zero attached hydrogens (tertiary/aromatic N) is 2. The van der Waals surface area contributed by atoms with Crippen LogP contribution in [0.3, 0.4) is 0 Å². The maximum atomic E-state index is 13.8. The molecule has 242 valence electrons. The number of ether oxygens (including phenoxy) is 1. The number of benzene rings is 2. The zero-order chi connectivity index (χ0) is 31.9. The number of anilines is 1. The van der Waals surface area contributed by atoms with Gasteiger partial charge in [0.05, 0.1) is 17.7 Å². The summed E-state index contributed by atoms with van der Waals surface area (Å²) >= 11 is 1.42. The van der Waals surface area contributed by atoms with Gasteiger partial charge < -0.3 is 20.7 Å². The van der Waals surface area contributed by atoms with Crippen LogP contribution >= 0.6 is 11.3 Å². The molecule has 4 heterocycles. The predicted molar refractivity (Wildman–Crippen MR) is 180 cm³/mol. The van der Waals surface area contributed by atoms with Crippen LogP contribution in [0.5, 0.6) is 0 Å². The Morgan fingerprint density at radius 3 is 2.63 bits per heavy atom. The second-order valence-electron chi connectivity index (χ2n) is 12.9. The van der Waals surface area contributed by atoms with Gasteiger partial charge in [-0.1, -0.05) is 72.3 Å². The first kappa shape index (κ1) is 32.1. The largest absolute Gasteiger partial charge is 0.381 e. The Labute approximate surface area is 274 Å². The molecular weight excluding hydrogens is 598 g/mol. The highest BCUT2D eigenvalue weighted by molar-refractivity contribution is 7.14. The molecule has 0 unspecified atom stereocenters. The second kappa shape index (κ2) is 14.7. The summed E-state index contributed by atoms with van der Waals surface area (Å²) in [7, 11) is 0. The number of fused-ring (bicyclic) bond motifs is 1. The van der Waals surface area contributed by atoms with Gasteiger partial charge >= 0.3 is 0 Å². The number of hydrogen-bond donors (Lipinski definition) is 3. The second-order valence-corrected chi connectivity index (χ2v) is 13.7.